The van der Waals surface area contributed by atoms with Gasteiger partial charge in [-0.1, -0.05) is 80.1 Å². The highest BCUT2D eigenvalue weighted by atomic mass is 32.2. The Hall–Kier alpha value is -3.00. The molecule has 0 aliphatic rings. The van der Waals surface area contributed by atoms with E-state index < -0.39 is 46.0 Å². The van der Waals surface area contributed by atoms with E-state index in [-0.39, 0.29) is 75.2 Å². The number of ether oxygens (including phenoxy) is 3. The van der Waals surface area contributed by atoms with Crippen LogP contribution >= 0.6 is 24.4 Å². The molecule has 0 bridgehead atoms. The van der Waals surface area contributed by atoms with E-state index in [2.05, 4.69) is 96.6 Å². The Bertz CT molecular complexity index is 1620. The fraction of sp³-hybridized carbons (Fsp3) is 0.639. The number of carbonyl (C=O) groups excluding carboxylic acids is 3. The summed E-state index contributed by atoms with van der Waals surface area (Å²) >= 11 is 5.74. The molecule has 0 aliphatic heterocycles. The van der Waals surface area contributed by atoms with Gasteiger partial charge in [0.05, 0.1) is 26.3 Å². The quantitative estimate of drug-likeness (QED) is 0.0393. The maximum Gasteiger partial charge on any atom is 0.407 e. The second-order valence-corrected chi connectivity index (χ2v) is 21.6. The normalized spacial score (nSPS) is 13.9. The Labute approximate surface area is 328 Å². The van der Waals surface area contributed by atoms with E-state index in [0.29, 0.717) is 11.3 Å². The summed E-state index contributed by atoms with van der Waals surface area (Å²) in [6, 6.07) is 0. The van der Waals surface area contributed by atoms with Crippen LogP contribution in [0, 0.1) is 18.8 Å². The number of thioether (sulfide) groups is 1. The number of carbonyl (C=O) groups is 3. The van der Waals surface area contributed by atoms with Crippen molar-refractivity contribution in [2.75, 3.05) is 26.6 Å². The lowest BCUT2D eigenvalue weighted by atomic mass is 9.90. The van der Waals surface area contributed by atoms with Gasteiger partial charge in [-0.05, 0) is 47.7 Å². The molecule has 13 nitrogen and oxygen atoms in total. The lowest BCUT2D eigenvalue weighted by molar-refractivity contribution is -0.121. The van der Waals surface area contributed by atoms with Crippen molar-refractivity contribution in [3.05, 3.63) is 41.1 Å². The van der Waals surface area contributed by atoms with Gasteiger partial charge in [0.15, 0.2) is 33.7 Å². The number of nitrogens with one attached hydrogen (secondary N) is 1. The Morgan fingerprint density at radius 2 is 1.57 bits per heavy atom. The van der Waals surface area contributed by atoms with E-state index in [9.17, 15) is 14.4 Å². The number of aromatic nitrogens is 2. The average Bonchev–Trinajstić information content (AvgIpc) is 3.58. The molecule has 17 heteroatoms. The third-order valence-corrected chi connectivity index (χ3v) is 17.6. The van der Waals surface area contributed by atoms with E-state index in [4.69, 9.17) is 33.3 Å². The molecule has 1 aromatic heterocycles. The summed E-state index contributed by atoms with van der Waals surface area (Å²) in [4.78, 5) is 43.1. The van der Waals surface area contributed by atoms with Crippen molar-refractivity contribution in [1.82, 2.24) is 15.5 Å². The van der Waals surface area contributed by atoms with E-state index in [1.807, 2.05) is 13.5 Å². The van der Waals surface area contributed by atoms with Crippen molar-refractivity contribution < 1.29 is 42.0 Å². The van der Waals surface area contributed by atoms with Gasteiger partial charge in [0.25, 0.3) is 18.1 Å². The molecule has 2 rings (SSSR count). The Balaban J connectivity index is 3.01. The largest absolute Gasteiger partial charge is 0.539 e. The van der Waals surface area contributed by atoms with Crippen LogP contribution in [0.2, 0.25) is 23.2 Å². The third kappa shape index (κ3) is 10.2. The number of thiol groups is 1. The van der Waals surface area contributed by atoms with Gasteiger partial charge in [-0.3, -0.25) is 4.79 Å². The second kappa shape index (κ2) is 19.0. The van der Waals surface area contributed by atoms with Crippen LogP contribution in [-0.2, 0) is 25.7 Å². The SMILES string of the molecule is C=CCOC(=O)NCc1noc(C(S)C(=O)C(N)(SCC)c2c(O[Si](C)C(C)(C)C(C)C)c(O[Si](C)C(C)(C)C(C)C)c(OC)c(C)c2C(=O)OC)n1. The van der Waals surface area contributed by atoms with Gasteiger partial charge in [-0.15, -0.1) is 11.8 Å². The Kier molecular flexibility index (Phi) is 16.6. The highest BCUT2D eigenvalue weighted by molar-refractivity contribution is 8.01. The lowest BCUT2D eigenvalue weighted by Gasteiger charge is -2.39. The van der Waals surface area contributed by atoms with Crippen molar-refractivity contribution in [1.29, 1.82) is 0 Å². The van der Waals surface area contributed by atoms with Crippen LogP contribution < -0.4 is 24.6 Å². The zero-order chi connectivity index (χ0) is 40.6. The van der Waals surface area contributed by atoms with Crippen molar-refractivity contribution in [3.63, 3.8) is 0 Å². The first-order chi connectivity index (χ1) is 24.6. The monoisotopic (exact) mass is 810 g/mol. The predicted molar refractivity (Wildman–Crippen MR) is 215 cm³/mol. The van der Waals surface area contributed by atoms with Crippen LogP contribution in [0.25, 0.3) is 0 Å². The van der Waals surface area contributed by atoms with Gasteiger partial charge < -0.3 is 38.6 Å². The molecule has 0 spiro atoms. The molecule has 296 valence electrons. The number of rotatable bonds is 20. The fourth-order valence-corrected chi connectivity index (χ4v) is 9.52. The average molecular weight is 811 g/mol. The minimum atomic E-state index is -1.99. The molecule has 1 amide bonds. The van der Waals surface area contributed by atoms with E-state index >= 15 is 0 Å². The zero-order valence-corrected chi connectivity index (χ0v) is 37.4. The number of benzene rings is 1. The van der Waals surface area contributed by atoms with E-state index in [1.54, 1.807) is 6.92 Å². The first-order valence-corrected chi connectivity index (χ1v) is 22.8. The minimum absolute atomic E-state index is 0.0163. The van der Waals surface area contributed by atoms with E-state index in [1.165, 1.54) is 20.3 Å². The van der Waals surface area contributed by atoms with Gasteiger partial charge in [-0.2, -0.15) is 17.6 Å². The van der Waals surface area contributed by atoms with Crippen LogP contribution in [0.1, 0.15) is 101 Å². The molecule has 53 heavy (non-hydrogen) atoms. The molecule has 3 N–H and O–H groups in total. The van der Waals surface area contributed by atoms with E-state index in [0.717, 1.165) is 11.8 Å². The predicted octanol–water partition coefficient (Wildman–Crippen LogP) is 7.56. The molecule has 1 heterocycles. The number of esters is 1. The summed E-state index contributed by atoms with van der Waals surface area (Å²) < 4.78 is 35.7. The minimum Gasteiger partial charge on any atom is -0.539 e. The molecule has 1 aromatic carbocycles. The number of alkyl carbamates (subject to hydrolysis) is 1. The number of amides is 1. The maximum atomic E-state index is 14.9. The molecule has 0 fully saturated rings. The highest BCUT2D eigenvalue weighted by Gasteiger charge is 2.50. The number of methoxy groups -OCH3 is 2. The van der Waals surface area contributed by atoms with Gasteiger partial charge >= 0.3 is 12.1 Å². The maximum absolute atomic E-state index is 14.9. The fourth-order valence-electron chi connectivity index (χ4n) is 4.93. The summed E-state index contributed by atoms with van der Waals surface area (Å²) in [6.07, 6.45) is 0.719. The molecule has 0 saturated heterocycles. The summed E-state index contributed by atoms with van der Waals surface area (Å²) in [5.41, 5.74) is 7.79. The molecular weight excluding hydrogens is 753 g/mol. The van der Waals surface area contributed by atoms with Crippen molar-refractivity contribution in [2.45, 2.75) is 109 Å². The molecular formula is C36H58N4O9S2Si2. The van der Waals surface area contributed by atoms with Gasteiger partial charge in [0, 0.05) is 11.1 Å². The van der Waals surface area contributed by atoms with Crippen molar-refractivity contribution in [3.8, 4) is 17.2 Å². The Morgan fingerprint density at radius 3 is 2.04 bits per heavy atom. The van der Waals surface area contributed by atoms with Crippen LogP contribution in [0.3, 0.4) is 0 Å². The molecule has 2 aromatic rings. The number of nitrogens with two attached hydrogens (primary N) is 1. The van der Waals surface area contributed by atoms with Crippen molar-refractivity contribution in [2.24, 2.45) is 17.6 Å². The van der Waals surface area contributed by atoms with Crippen LogP contribution in [0.15, 0.2) is 17.2 Å². The molecule has 0 saturated carbocycles. The number of ketones is 1. The molecule has 0 aliphatic carbocycles. The molecule has 2 radical (unpaired) electrons. The summed E-state index contributed by atoms with van der Waals surface area (Å²) in [5, 5.41) is 4.52. The van der Waals surface area contributed by atoms with Crippen LogP contribution in [0.4, 0.5) is 4.79 Å². The number of Topliss-reactive ketones (excluding diaryl/α,β-unsaturated/α-hetero) is 1. The topological polar surface area (TPSA) is 174 Å². The number of nitrogens with zero attached hydrogens (tertiary/aromatic N) is 2. The molecule has 2 atom stereocenters. The first-order valence-electron chi connectivity index (χ1n) is 17.4. The van der Waals surface area contributed by atoms with Crippen molar-refractivity contribution >= 4 is 60.3 Å². The Morgan fingerprint density at radius 1 is 1.02 bits per heavy atom. The van der Waals surface area contributed by atoms with Gasteiger partial charge in [0.2, 0.25) is 5.89 Å². The number of hydrogen-bond acceptors (Lipinski definition) is 14. The molecule has 2 unspecified atom stereocenters. The second-order valence-electron chi connectivity index (χ2n) is 14.4. The lowest BCUT2D eigenvalue weighted by Crippen LogP contribution is -2.46. The van der Waals surface area contributed by atoms with Gasteiger partial charge in [-0.25, -0.2) is 9.59 Å². The van der Waals surface area contributed by atoms with Crippen LogP contribution in [-0.4, -0.2) is 72.6 Å². The van der Waals surface area contributed by atoms with Gasteiger partial charge in [0.1, 0.15) is 11.9 Å². The standard InChI is InChI=1S/C36H58N4O9S2Si2/c1-16-18-46-33(43)38-19-23-39-31(47-40-23)29(50)30(41)36(37,51-17-2)25-24(32(42)45-13)22(7)26(44-12)28(49-53(15)35(10,11)21(5)6)27(25)48-52(14)34(8,9)20(3)4/h16,20-21,29,50H,1,17-19,37H2,2-15H3,(H,38,43). The summed E-state index contributed by atoms with van der Waals surface area (Å²) in [6.45, 7) is 28.1. The first kappa shape index (κ1) is 46.2. The number of hydrogen-bond donors (Lipinski definition) is 3. The summed E-state index contributed by atoms with van der Waals surface area (Å²) in [5.74, 6) is 0.0307. The zero-order valence-electron chi connectivity index (χ0n) is 33.6. The van der Waals surface area contributed by atoms with Crippen LogP contribution in [0.5, 0.6) is 17.2 Å². The summed E-state index contributed by atoms with van der Waals surface area (Å²) in [7, 11) is -0.696. The third-order valence-electron chi connectivity index (χ3n) is 10.2. The smallest absolute Gasteiger partial charge is 0.407 e. The highest BCUT2D eigenvalue weighted by Crippen LogP contribution is 2.55.